The van der Waals surface area contributed by atoms with Crippen molar-refractivity contribution in [3.05, 3.63) is 40.6 Å². The first kappa shape index (κ1) is 18.2. The summed E-state index contributed by atoms with van der Waals surface area (Å²) in [6.45, 7) is 5.12. The van der Waals surface area contributed by atoms with E-state index in [9.17, 15) is 10.1 Å². The van der Waals surface area contributed by atoms with Gasteiger partial charge in [-0.3, -0.25) is 4.79 Å². The van der Waals surface area contributed by atoms with Gasteiger partial charge in [0.1, 0.15) is 5.82 Å². The van der Waals surface area contributed by atoms with Crippen LogP contribution >= 0.6 is 0 Å². The van der Waals surface area contributed by atoms with Crippen LogP contribution in [0.25, 0.3) is 0 Å². The van der Waals surface area contributed by atoms with Gasteiger partial charge in [-0.1, -0.05) is 6.07 Å². The second-order valence-corrected chi connectivity index (χ2v) is 7.55. The van der Waals surface area contributed by atoms with Gasteiger partial charge in [-0.2, -0.15) is 10.2 Å². The van der Waals surface area contributed by atoms with Crippen molar-refractivity contribution < 1.29 is 4.79 Å². The minimum absolute atomic E-state index is 0.00906. The highest BCUT2D eigenvalue weighted by atomic mass is 16.1. The van der Waals surface area contributed by atoms with Crippen LogP contribution in [0.2, 0.25) is 0 Å². The van der Waals surface area contributed by atoms with Gasteiger partial charge >= 0.3 is 0 Å². The van der Waals surface area contributed by atoms with Crippen molar-refractivity contribution in [2.45, 2.75) is 45.6 Å². The van der Waals surface area contributed by atoms with Crippen molar-refractivity contribution in [3.8, 4) is 6.07 Å². The maximum Gasteiger partial charge on any atom is 0.229 e. The van der Waals surface area contributed by atoms with E-state index in [4.69, 9.17) is 9.97 Å². The Balaban J connectivity index is 1.61. The average molecular weight is 376 g/mol. The molecule has 0 bridgehead atoms. The minimum atomic E-state index is 0.00906. The Bertz CT molecular complexity index is 964. The van der Waals surface area contributed by atoms with Crippen LogP contribution in [0.3, 0.4) is 0 Å². The molecule has 2 aromatic rings. The Labute approximate surface area is 164 Å². The first-order valence-corrected chi connectivity index (χ1v) is 9.73. The van der Waals surface area contributed by atoms with Crippen LogP contribution in [-0.2, 0) is 17.6 Å². The van der Waals surface area contributed by atoms with Crippen LogP contribution in [0.4, 0.5) is 17.5 Å². The molecule has 1 aromatic carbocycles. The Kier molecular flexibility index (Phi) is 4.86. The van der Waals surface area contributed by atoms with Crippen LogP contribution in [0.1, 0.15) is 42.1 Å². The number of nitrogens with one attached hydrogen (secondary N) is 2. The molecule has 1 aliphatic carbocycles. The molecule has 1 amide bonds. The Morgan fingerprint density at radius 3 is 2.96 bits per heavy atom. The molecule has 2 heterocycles. The third-order valence-electron chi connectivity index (χ3n) is 5.42. The number of carbonyl (C=O) groups is 1. The van der Waals surface area contributed by atoms with E-state index in [0.717, 1.165) is 61.5 Å². The van der Waals surface area contributed by atoms with E-state index in [1.54, 1.807) is 6.92 Å². The zero-order valence-electron chi connectivity index (χ0n) is 16.2. The van der Waals surface area contributed by atoms with Crippen molar-refractivity contribution in [1.82, 2.24) is 15.3 Å². The standard InChI is InChI=1S/C21H24N6O/c1-13-6-7-16(10-15(13)11-22)24-21-25-19-5-3-4-18(19)20(26-21)27-9-8-17(12-27)23-14(2)28/h6-7,10,17H,3-5,8-9,12H2,1-2H3,(H,23,28)(H,24,25,26)/t17-/m0/s1. The Hall–Kier alpha value is -3.14. The molecule has 1 aromatic heterocycles. The summed E-state index contributed by atoms with van der Waals surface area (Å²) in [6.07, 6.45) is 3.96. The number of hydrogen-bond donors (Lipinski definition) is 2. The largest absolute Gasteiger partial charge is 0.354 e. The summed E-state index contributed by atoms with van der Waals surface area (Å²) in [7, 11) is 0. The van der Waals surface area contributed by atoms with Crippen LogP contribution in [0.5, 0.6) is 0 Å². The molecule has 1 saturated heterocycles. The molecule has 0 unspecified atom stereocenters. The fourth-order valence-corrected chi connectivity index (χ4v) is 4.04. The topological polar surface area (TPSA) is 93.9 Å². The molecule has 2 aliphatic rings. The number of amides is 1. The molecule has 0 saturated carbocycles. The SMILES string of the molecule is CC(=O)N[C@H]1CCN(c2nc(Nc3ccc(C)c(C#N)c3)nc3c2CCC3)C1. The molecule has 28 heavy (non-hydrogen) atoms. The number of carbonyl (C=O) groups excluding carboxylic acids is 1. The summed E-state index contributed by atoms with van der Waals surface area (Å²) in [5.41, 5.74) is 4.73. The summed E-state index contributed by atoms with van der Waals surface area (Å²) in [6, 6.07) is 8.07. The van der Waals surface area contributed by atoms with E-state index in [1.807, 2.05) is 25.1 Å². The number of nitrogens with zero attached hydrogens (tertiary/aromatic N) is 4. The molecule has 1 fully saturated rings. The van der Waals surface area contributed by atoms with E-state index in [0.29, 0.717) is 11.5 Å². The number of benzene rings is 1. The molecule has 144 valence electrons. The number of hydrogen-bond acceptors (Lipinski definition) is 6. The number of rotatable bonds is 4. The molecule has 0 spiro atoms. The predicted molar refractivity (Wildman–Crippen MR) is 108 cm³/mol. The number of anilines is 3. The van der Waals surface area contributed by atoms with E-state index < -0.39 is 0 Å². The third kappa shape index (κ3) is 3.63. The second-order valence-electron chi connectivity index (χ2n) is 7.55. The molecule has 2 N–H and O–H groups in total. The van der Waals surface area contributed by atoms with Crippen LogP contribution in [-0.4, -0.2) is 35.0 Å². The fraction of sp³-hybridized carbons (Fsp3) is 0.429. The summed E-state index contributed by atoms with van der Waals surface area (Å²) in [4.78, 5) is 23.2. The highest BCUT2D eigenvalue weighted by Crippen LogP contribution is 2.32. The van der Waals surface area contributed by atoms with Crippen molar-refractivity contribution in [2.24, 2.45) is 0 Å². The number of fused-ring (bicyclic) bond motifs is 1. The van der Waals surface area contributed by atoms with Gasteiger partial charge in [0.15, 0.2) is 0 Å². The highest BCUT2D eigenvalue weighted by molar-refractivity contribution is 5.73. The first-order valence-electron chi connectivity index (χ1n) is 9.73. The predicted octanol–water partition coefficient (Wildman–Crippen LogP) is 2.60. The van der Waals surface area contributed by atoms with Crippen LogP contribution in [0, 0.1) is 18.3 Å². The lowest BCUT2D eigenvalue weighted by Crippen LogP contribution is -2.36. The van der Waals surface area contributed by atoms with Gasteiger partial charge in [-0.25, -0.2) is 4.98 Å². The second kappa shape index (κ2) is 7.47. The zero-order valence-corrected chi connectivity index (χ0v) is 16.2. The molecular formula is C21H24N6O. The minimum Gasteiger partial charge on any atom is -0.354 e. The lowest BCUT2D eigenvalue weighted by Gasteiger charge is -2.21. The third-order valence-corrected chi connectivity index (χ3v) is 5.42. The van der Waals surface area contributed by atoms with Crippen molar-refractivity contribution in [3.63, 3.8) is 0 Å². The van der Waals surface area contributed by atoms with Gasteiger partial charge in [0.25, 0.3) is 0 Å². The summed E-state index contributed by atoms with van der Waals surface area (Å²) >= 11 is 0. The zero-order chi connectivity index (χ0) is 19.7. The number of aryl methyl sites for hydroxylation is 2. The monoisotopic (exact) mass is 376 g/mol. The van der Waals surface area contributed by atoms with Gasteiger partial charge < -0.3 is 15.5 Å². The maximum atomic E-state index is 11.4. The first-order chi connectivity index (χ1) is 13.5. The molecule has 7 heteroatoms. The average Bonchev–Trinajstić information content (AvgIpc) is 3.31. The fourth-order valence-electron chi connectivity index (χ4n) is 4.04. The Morgan fingerprint density at radius 2 is 2.18 bits per heavy atom. The van der Waals surface area contributed by atoms with E-state index in [2.05, 4.69) is 21.6 Å². The Morgan fingerprint density at radius 1 is 1.32 bits per heavy atom. The molecule has 7 nitrogen and oxygen atoms in total. The van der Waals surface area contributed by atoms with Gasteiger partial charge in [-0.05, 0) is 50.3 Å². The maximum absolute atomic E-state index is 11.4. The van der Waals surface area contributed by atoms with Gasteiger partial charge in [0.05, 0.1) is 17.3 Å². The van der Waals surface area contributed by atoms with Crippen LogP contribution in [0.15, 0.2) is 18.2 Å². The smallest absolute Gasteiger partial charge is 0.229 e. The summed E-state index contributed by atoms with van der Waals surface area (Å²) < 4.78 is 0. The normalized spacial score (nSPS) is 17.9. The van der Waals surface area contributed by atoms with Crippen molar-refractivity contribution in [1.29, 1.82) is 5.26 Å². The lowest BCUT2D eigenvalue weighted by molar-refractivity contribution is -0.119. The molecule has 1 atom stereocenters. The summed E-state index contributed by atoms with van der Waals surface area (Å²) in [5.74, 6) is 1.55. The summed E-state index contributed by atoms with van der Waals surface area (Å²) in [5, 5.41) is 15.5. The number of nitriles is 1. The van der Waals surface area contributed by atoms with Gasteiger partial charge in [0.2, 0.25) is 11.9 Å². The molecule has 1 aliphatic heterocycles. The van der Waals surface area contributed by atoms with Crippen molar-refractivity contribution >= 4 is 23.4 Å². The van der Waals surface area contributed by atoms with Gasteiger partial charge in [0, 0.05) is 37.3 Å². The molecule has 0 radical (unpaired) electrons. The van der Waals surface area contributed by atoms with Gasteiger partial charge in [-0.15, -0.1) is 0 Å². The van der Waals surface area contributed by atoms with E-state index in [1.165, 1.54) is 5.56 Å². The van der Waals surface area contributed by atoms with E-state index in [-0.39, 0.29) is 11.9 Å². The van der Waals surface area contributed by atoms with Crippen molar-refractivity contribution in [2.75, 3.05) is 23.3 Å². The van der Waals surface area contributed by atoms with E-state index >= 15 is 0 Å². The van der Waals surface area contributed by atoms with Crippen LogP contribution < -0.4 is 15.5 Å². The number of aromatic nitrogens is 2. The molecular weight excluding hydrogens is 352 g/mol. The lowest BCUT2D eigenvalue weighted by atomic mass is 10.1. The highest BCUT2D eigenvalue weighted by Gasteiger charge is 2.29. The molecule has 4 rings (SSSR count). The quantitative estimate of drug-likeness (QED) is 0.852.